The smallest absolute Gasteiger partial charge is 0.408 e. The lowest BCUT2D eigenvalue weighted by Crippen LogP contribution is -2.45. The van der Waals surface area contributed by atoms with Crippen LogP contribution in [0.3, 0.4) is 0 Å². The molecule has 0 fully saturated rings. The summed E-state index contributed by atoms with van der Waals surface area (Å²) in [7, 11) is 0. The highest BCUT2D eigenvalue weighted by molar-refractivity contribution is 5.83. The molecule has 1 unspecified atom stereocenters. The van der Waals surface area contributed by atoms with Crippen LogP contribution in [0.1, 0.15) is 41.5 Å². The zero-order chi connectivity index (χ0) is 16.0. The van der Waals surface area contributed by atoms with E-state index in [0.717, 1.165) is 0 Å². The molecule has 0 radical (unpaired) electrons. The molecule has 0 aliphatic rings. The Morgan fingerprint density at radius 1 is 1.10 bits per heavy atom. The van der Waals surface area contributed by atoms with Crippen molar-refractivity contribution >= 4 is 12.1 Å². The average Bonchev–Trinajstić information content (AvgIpc) is 2.18. The van der Waals surface area contributed by atoms with Crippen LogP contribution >= 0.6 is 0 Å². The van der Waals surface area contributed by atoms with Crippen molar-refractivity contribution in [2.45, 2.75) is 58.8 Å². The van der Waals surface area contributed by atoms with Gasteiger partial charge in [-0.2, -0.15) is 0 Å². The summed E-state index contributed by atoms with van der Waals surface area (Å²) in [5.41, 5.74) is -1.33. The molecule has 20 heavy (non-hydrogen) atoms. The fourth-order valence-corrected chi connectivity index (χ4v) is 1.18. The number of ether oxygens (including phenoxy) is 2. The molecule has 6 heteroatoms. The monoisotopic (exact) mass is 287 g/mol. The molecule has 0 aromatic carbocycles. The highest BCUT2D eigenvalue weighted by Gasteiger charge is 2.26. The van der Waals surface area contributed by atoms with E-state index >= 15 is 0 Å². The van der Waals surface area contributed by atoms with Gasteiger partial charge < -0.3 is 19.9 Å². The SMILES string of the molecule is CC(C)(C)OC(=O)NC(C=CCO)C(=O)OC(C)(C)C. The topological polar surface area (TPSA) is 84.9 Å². The highest BCUT2D eigenvalue weighted by atomic mass is 16.6. The fraction of sp³-hybridized carbons (Fsp3) is 0.714. The van der Waals surface area contributed by atoms with Gasteiger partial charge in [0.25, 0.3) is 0 Å². The molecule has 1 atom stereocenters. The number of hydrogen-bond donors (Lipinski definition) is 2. The summed E-state index contributed by atoms with van der Waals surface area (Å²) >= 11 is 0. The predicted molar refractivity (Wildman–Crippen MR) is 75.2 cm³/mol. The Kier molecular flexibility index (Phi) is 6.72. The molecule has 0 aliphatic heterocycles. The molecule has 0 heterocycles. The minimum atomic E-state index is -1.00. The largest absolute Gasteiger partial charge is 0.458 e. The first-order valence-corrected chi connectivity index (χ1v) is 6.44. The maximum Gasteiger partial charge on any atom is 0.408 e. The Hall–Kier alpha value is -1.56. The molecular weight excluding hydrogens is 262 g/mol. The zero-order valence-electron chi connectivity index (χ0n) is 13.0. The van der Waals surface area contributed by atoms with E-state index in [1.54, 1.807) is 41.5 Å². The second-order valence-corrected chi connectivity index (χ2v) is 6.27. The Morgan fingerprint density at radius 2 is 1.60 bits per heavy atom. The summed E-state index contributed by atoms with van der Waals surface area (Å²) in [4.78, 5) is 23.6. The normalized spacial score (nSPS) is 13.9. The van der Waals surface area contributed by atoms with Crippen LogP contribution in [0, 0.1) is 0 Å². The Balaban J connectivity index is 4.77. The molecule has 0 saturated heterocycles. The number of hydrogen-bond acceptors (Lipinski definition) is 5. The van der Waals surface area contributed by atoms with Gasteiger partial charge in [-0.1, -0.05) is 12.2 Å². The van der Waals surface area contributed by atoms with Gasteiger partial charge in [-0.05, 0) is 41.5 Å². The molecule has 0 aromatic heterocycles. The lowest BCUT2D eigenvalue weighted by molar-refractivity contribution is -0.156. The minimum absolute atomic E-state index is 0.241. The van der Waals surface area contributed by atoms with Crippen LogP contribution in [0.15, 0.2) is 12.2 Å². The van der Waals surface area contributed by atoms with Gasteiger partial charge in [0.15, 0.2) is 0 Å². The number of amides is 1. The van der Waals surface area contributed by atoms with Crippen molar-refractivity contribution in [2.24, 2.45) is 0 Å². The van der Waals surface area contributed by atoms with Crippen molar-refractivity contribution in [3.8, 4) is 0 Å². The molecule has 0 aromatic rings. The van der Waals surface area contributed by atoms with Gasteiger partial charge in [0.1, 0.15) is 17.2 Å². The molecule has 2 N–H and O–H groups in total. The lowest BCUT2D eigenvalue weighted by Gasteiger charge is -2.25. The first-order chi connectivity index (χ1) is 8.94. The van der Waals surface area contributed by atoms with E-state index in [9.17, 15) is 9.59 Å². The number of aliphatic hydroxyl groups is 1. The van der Waals surface area contributed by atoms with Crippen LogP contribution in [-0.2, 0) is 14.3 Å². The summed E-state index contributed by atoms with van der Waals surface area (Å²) in [6.45, 7) is 10.1. The quantitative estimate of drug-likeness (QED) is 0.608. The van der Waals surface area contributed by atoms with Gasteiger partial charge in [-0.15, -0.1) is 0 Å². The summed E-state index contributed by atoms with van der Waals surface area (Å²) in [5.74, 6) is -0.618. The van der Waals surface area contributed by atoms with Gasteiger partial charge in [-0.25, -0.2) is 9.59 Å². The summed E-state index contributed by atoms with van der Waals surface area (Å²) in [5, 5.41) is 11.2. The van der Waals surface area contributed by atoms with Crippen molar-refractivity contribution in [1.29, 1.82) is 0 Å². The van der Waals surface area contributed by atoms with E-state index in [0.29, 0.717) is 0 Å². The van der Waals surface area contributed by atoms with Gasteiger partial charge in [-0.3, -0.25) is 0 Å². The maximum absolute atomic E-state index is 11.9. The van der Waals surface area contributed by atoms with Crippen molar-refractivity contribution in [1.82, 2.24) is 5.32 Å². The Bertz CT molecular complexity index is 363. The van der Waals surface area contributed by atoms with E-state index < -0.39 is 29.3 Å². The second kappa shape index (κ2) is 7.28. The van der Waals surface area contributed by atoms with E-state index in [4.69, 9.17) is 14.6 Å². The van der Waals surface area contributed by atoms with Crippen molar-refractivity contribution in [2.75, 3.05) is 6.61 Å². The van der Waals surface area contributed by atoms with Gasteiger partial charge in [0.2, 0.25) is 0 Å². The molecule has 0 spiro atoms. The molecule has 0 bridgehead atoms. The van der Waals surface area contributed by atoms with Crippen LogP contribution in [0.25, 0.3) is 0 Å². The molecule has 0 rings (SSSR count). The standard InChI is InChI=1S/C14H25NO5/c1-13(2,3)19-11(17)10(8-7-9-16)15-12(18)20-14(4,5)6/h7-8,10,16H,9H2,1-6H3,(H,15,18). The second-order valence-electron chi connectivity index (χ2n) is 6.27. The van der Waals surface area contributed by atoms with Crippen LogP contribution < -0.4 is 5.32 Å². The van der Waals surface area contributed by atoms with E-state index in [2.05, 4.69) is 5.32 Å². The van der Waals surface area contributed by atoms with E-state index in [1.807, 2.05) is 0 Å². The number of esters is 1. The summed E-state index contributed by atoms with van der Waals surface area (Å²) in [6.07, 6.45) is 1.99. The number of aliphatic hydroxyl groups excluding tert-OH is 1. The van der Waals surface area contributed by atoms with Crippen molar-refractivity contribution in [3.05, 3.63) is 12.2 Å². The van der Waals surface area contributed by atoms with Crippen LogP contribution in [0.5, 0.6) is 0 Å². The van der Waals surface area contributed by atoms with Gasteiger partial charge in [0, 0.05) is 0 Å². The lowest BCUT2D eigenvalue weighted by atomic mass is 10.2. The minimum Gasteiger partial charge on any atom is -0.458 e. The summed E-state index contributed by atoms with van der Waals surface area (Å²) < 4.78 is 10.3. The first-order valence-electron chi connectivity index (χ1n) is 6.44. The highest BCUT2D eigenvalue weighted by Crippen LogP contribution is 2.10. The number of carbonyl (C=O) groups excluding carboxylic acids is 2. The maximum atomic E-state index is 11.9. The first kappa shape index (κ1) is 18.4. The van der Waals surface area contributed by atoms with Crippen molar-refractivity contribution in [3.63, 3.8) is 0 Å². The zero-order valence-corrected chi connectivity index (χ0v) is 13.0. The fourth-order valence-electron chi connectivity index (χ4n) is 1.18. The van der Waals surface area contributed by atoms with E-state index in [1.165, 1.54) is 12.2 Å². The number of carbonyl (C=O) groups is 2. The van der Waals surface area contributed by atoms with Crippen LogP contribution in [0.2, 0.25) is 0 Å². The third-order valence-electron chi connectivity index (χ3n) is 1.77. The van der Waals surface area contributed by atoms with Crippen LogP contribution in [0.4, 0.5) is 4.79 Å². The number of rotatable bonds is 4. The average molecular weight is 287 g/mol. The Labute approximate surface area is 120 Å². The number of alkyl carbamates (subject to hydrolysis) is 1. The predicted octanol–water partition coefficient (Wildman–Crippen LogP) is 1.77. The number of nitrogens with one attached hydrogen (secondary N) is 1. The molecule has 0 saturated carbocycles. The molecule has 6 nitrogen and oxygen atoms in total. The Morgan fingerprint density at radius 3 is 2.00 bits per heavy atom. The third kappa shape index (κ3) is 9.38. The third-order valence-corrected chi connectivity index (χ3v) is 1.77. The van der Waals surface area contributed by atoms with Gasteiger partial charge >= 0.3 is 12.1 Å². The van der Waals surface area contributed by atoms with Crippen molar-refractivity contribution < 1.29 is 24.2 Å². The van der Waals surface area contributed by atoms with Gasteiger partial charge in [0.05, 0.1) is 6.61 Å². The molecule has 0 aliphatic carbocycles. The molecule has 1 amide bonds. The van der Waals surface area contributed by atoms with E-state index in [-0.39, 0.29) is 6.61 Å². The molecule has 116 valence electrons. The molecular formula is C14H25NO5. The van der Waals surface area contributed by atoms with Crippen LogP contribution in [-0.4, -0.2) is 41.0 Å². The summed E-state index contributed by atoms with van der Waals surface area (Å²) in [6, 6.07) is -1.00.